The highest BCUT2D eigenvalue weighted by molar-refractivity contribution is 7.10. The van der Waals surface area contributed by atoms with E-state index in [-0.39, 0.29) is 29.8 Å². The second kappa shape index (κ2) is 8.32. The molecule has 2 saturated heterocycles. The number of rotatable bonds is 5. The summed E-state index contributed by atoms with van der Waals surface area (Å²) in [6, 6.07) is 7.59. The van der Waals surface area contributed by atoms with Crippen molar-refractivity contribution in [3.63, 3.8) is 0 Å². The van der Waals surface area contributed by atoms with Crippen molar-refractivity contribution in [2.75, 3.05) is 23.3 Å². The van der Waals surface area contributed by atoms with Crippen molar-refractivity contribution in [2.45, 2.75) is 38.1 Å². The Hall–Kier alpha value is -2.74. The lowest BCUT2D eigenvalue weighted by molar-refractivity contribution is -0.136. The van der Waals surface area contributed by atoms with Gasteiger partial charge in [-0.1, -0.05) is 6.07 Å². The van der Waals surface area contributed by atoms with E-state index in [0.29, 0.717) is 38.0 Å². The summed E-state index contributed by atoms with van der Waals surface area (Å²) < 4.78 is 14.5. The van der Waals surface area contributed by atoms with Gasteiger partial charge in [-0.15, -0.1) is 11.3 Å². The number of benzene rings is 1. The average molecular weight is 415 g/mol. The minimum atomic E-state index is -0.551. The van der Waals surface area contributed by atoms with E-state index in [1.54, 1.807) is 11.0 Å². The van der Waals surface area contributed by atoms with Crippen molar-refractivity contribution >= 4 is 40.4 Å². The molecule has 1 unspecified atom stereocenters. The Morgan fingerprint density at radius 2 is 2.07 bits per heavy atom. The average Bonchev–Trinajstić information content (AvgIpc) is 3.43. The molecule has 0 radical (unpaired) electrons. The van der Waals surface area contributed by atoms with Gasteiger partial charge in [-0.2, -0.15) is 0 Å². The van der Waals surface area contributed by atoms with Crippen LogP contribution in [0, 0.1) is 5.82 Å². The van der Waals surface area contributed by atoms with E-state index >= 15 is 0 Å². The predicted molar refractivity (Wildman–Crippen MR) is 109 cm³/mol. The molecule has 0 bridgehead atoms. The van der Waals surface area contributed by atoms with Gasteiger partial charge in [0.15, 0.2) is 0 Å². The molecule has 1 aromatic carbocycles. The van der Waals surface area contributed by atoms with Crippen LogP contribution in [0.25, 0.3) is 0 Å². The first-order valence-electron chi connectivity index (χ1n) is 9.75. The Labute approximate surface area is 172 Å². The summed E-state index contributed by atoms with van der Waals surface area (Å²) in [6.07, 6.45) is 2.78. The third kappa shape index (κ3) is 4.17. The Morgan fingerprint density at radius 1 is 1.21 bits per heavy atom. The van der Waals surface area contributed by atoms with Crippen LogP contribution >= 0.6 is 11.3 Å². The van der Waals surface area contributed by atoms with Crippen LogP contribution in [0.15, 0.2) is 35.7 Å². The van der Waals surface area contributed by atoms with Crippen LogP contribution in [0.3, 0.4) is 0 Å². The molecule has 6 nitrogen and oxygen atoms in total. The lowest BCUT2D eigenvalue weighted by Gasteiger charge is -2.24. The van der Waals surface area contributed by atoms with E-state index in [2.05, 4.69) is 5.32 Å². The van der Waals surface area contributed by atoms with Crippen LogP contribution in [0.5, 0.6) is 0 Å². The maximum absolute atomic E-state index is 14.5. The van der Waals surface area contributed by atoms with Gasteiger partial charge in [-0.3, -0.25) is 14.4 Å². The van der Waals surface area contributed by atoms with Gasteiger partial charge in [-0.25, -0.2) is 4.39 Å². The normalized spacial score (nSPS) is 19.1. The van der Waals surface area contributed by atoms with E-state index in [9.17, 15) is 18.8 Å². The van der Waals surface area contributed by atoms with Crippen LogP contribution in [-0.4, -0.2) is 41.8 Å². The molecule has 3 heterocycles. The van der Waals surface area contributed by atoms with Crippen molar-refractivity contribution in [3.8, 4) is 0 Å². The first kappa shape index (κ1) is 19.6. The van der Waals surface area contributed by atoms with Gasteiger partial charge in [0.05, 0.1) is 12.1 Å². The molecule has 2 aliphatic rings. The van der Waals surface area contributed by atoms with Gasteiger partial charge in [0.25, 0.3) is 0 Å². The number of likely N-dealkylation sites (tertiary alicyclic amines) is 1. The summed E-state index contributed by atoms with van der Waals surface area (Å²) in [6.45, 7) is 1.05. The van der Waals surface area contributed by atoms with Crippen LogP contribution in [0.4, 0.5) is 15.8 Å². The fourth-order valence-electron chi connectivity index (χ4n) is 3.93. The van der Waals surface area contributed by atoms with Crippen molar-refractivity contribution < 1.29 is 18.8 Å². The first-order chi connectivity index (χ1) is 14.0. The Bertz CT molecular complexity index is 931. The molecule has 2 aliphatic heterocycles. The molecule has 3 amide bonds. The molecule has 0 aliphatic carbocycles. The van der Waals surface area contributed by atoms with Crippen LogP contribution in [0.1, 0.15) is 30.6 Å². The molecule has 29 heavy (non-hydrogen) atoms. The highest BCUT2D eigenvalue weighted by Crippen LogP contribution is 2.28. The minimum Gasteiger partial charge on any atom is -0.330 e. The molecule has 2 fully saturated rings. The van der Waals surface area contributed by atoms with Gasteiger partial charge in [0, 0.05) is 30.1 Å². The molecular weight excluding hydrogens is 393 g/mol. The van der Waals surface area contributed by atoms with Crippen molar-refractivity contribution in [3.05, 3.63) is 46.4 Å². The highest BCUT2D eigenvalue weighted by atomic mass is 32.1. The number of amides is 3. The smallest absolute Gasteiger partial charge is 0.247 e. The summed E-state index contributed by atoms with van der Waals surface area (Å²) in [4.78, 5) is 41.2. The van der Waals surface area contributed by atoms with E-state index in [0.717, 1.165) is 11.3 Å². The van der Waals surface area contributed by atoms with Gasteiger partial charge in [0.1, 0.15) is 11.9 Å². The molecule has 8 heteroatoms. The van der Waals surface area contributed by atoms with Gasteiger partial charge >= 0.3 is 0 Å². The lowest BCUT2D eigenvalue weighted by Crippen LogP contribution is -2.43. The van der Waals surface area contributed by atoms with Gasteiger partial charge in [0.2, 0.25) is 17.7 Å². The van der Waals surface area contributed by atoms with Crippen molar-refractivity contribution in [2.24, 2.45) is 0 Å². The quantitative estimate of drug-likeness (QED) is 0.815. The molecule has 0 saturated carbocycles. The zero-order chi connectivity index (χ0) is 20.4. The molecule has 2 aromatic rings. The maximum atomic E-state index is 14.5. The van der Waals surface area contributed by atoms with Gasteiger partial charge in [-0.05, 0) is 48.9 Å². The summed E-state index contributed by atoms with van der Waals surface area (Å²) in [5.41, 5.74) is 0.555. The number of nitrogens with one attached hydrogen (secondary N) is 1. The summed E-state index contributed by atoms with van der Waals surface area (Å²) in [5.74, 6) is -1.02. The fourth-order valence-corrected chi connectivity index (χ4v) is 4.63. The highest BCUT2D eigenvalue weighted by Gasteiger charge is 2.34. The Balaban J connectivity index is 1.42. The van der Waals surface area contributed by atoms with E-state index < -0.39 is 11.9 Å². The lowest BCUT2D eigenvalue weighted by atomic mass is 10.2. The molecular formula is C21H22FN3O3S. The Morgan fingerprint density at radius 3 is 2.76 bits per heavy atom. The third-order valence-electron chi connectivity index (χ3n) is 5.36. The molecule has 0 spiro atoms. The third-order valence-corrected chi connectivity index (χ3v) is 6.24. The number of thiophene rings is 1. The second-order valence-corrected chi connectivity index (χ2v) is 8.34. The molecule has 1 atom stereocenters. The topological polar surface area (TPSA) is 69.7 Å². The zero-order valence-electron chi connectivity index (χ0n) is 15.9. The van der Waals surface area contributed by atoms with E-state index in [1.807, 2.05) is 17.5 Å². The van der Waals surface area contributed by atoms with Gasteiger partial charge < -0.3 is 15.1 Å². The number of hydrogen-bond donors (Lipinski definition) is 1. The van der Waals surface area contributed by atoms with E-state index in [1.165, 1.54) is 28.4 Å². The molecule has 1 aromatic heterocycles. The maximum Gasteiger partial charge on any atom is 0.247 e. The van der Waals surface area contributed by atoms with E-state index in [4.69, 9.17) is 0 Å². The number of hydrogen-bond acceptors (Lipinski definition) is 4. The second-order valence-electron chi connectivity index (χ2n) is 7.31. The molecule has 4 rings (SSSR count). The zero-order valence-corrected chi connectivity index (χ0v) is 16.7. The number of halogens is 1. The first-order valence-corrected chi connectivity index (χ1v) is 10.6. The molecule has 152 valence electrons. The number of carbonyl (C=O) groups is 3. The fraction of sp³-hybridized carbons (Fsp3) is 0.381. The van der Waals surface area contributed by atoms with Crippen LogP contribution in [-0.2, 0) is 20.8 Å². The largest absolute Gasteiger partial charge is 0.330 e. The summed E-state index contributed by atoms with van der Waals surface area (Å²) in [7, 11) is 0. The minimum absolute atomic E-state index is 0.0702. The SMILES string of the molecule is O=C(Nc1ccc(N2CCCC2=O)c(F)c1)C1CCCN1C(=O)Cc1cccs1. The summed E-state index contributed by atoms with van der Waals surface area (Å²) >= 11 is 1.52. The Kier molecular flexibility index (Phi) is 5.62. The predicted octanol–water partition coefficient (Wildman–Crippen LogP) is 3.19. The van der Waals surface area contributed by atoms with Crippen LogP contribution < -0.4 is 10.2 Å². The number of nitrogens with zero attached hydrogens (tertiary/aromatic N) is 2. The standard InChI is InChI=1S/C21H22FN3O3S/c22-16-12-14(7-8-17(16)24-10-2-6-19(24)26)23-21(28)18-5-1-9-25(18)20(27)13-15-4-3-11-29-15/h3-4,7-8,11-12,18H,1-2,5-6,9-10,13H2,(H,23,28). The van der Waals surface area contributed by atoms with Crippen molar-refractivity contribution in [1.82, 2.24) is 4.90 Å². The monoisotopic (exact) mass is 415 g/mol. The molecule has 1 N–H and O–H groups in total. The number of anilines is 2. The number of carbonyl (C=O) groups excluding carboxylic acids is 3. The van der Waals surface area contributed by atoms with Crippen LogP contribution in [0.2, 0.25) is 0 Å². The summed E-state index contributed by atoms with van der Waals surface area (Å²) in [5, 5.41) is 4.65. The van der Waals surface area contributed by atoms with Crippen molar-refractivity contribution in [1.29, 1.82) is 0 Å².